The van der Waals surface area contributed by atoms with Crippen LogP contribution in [0.25, 0.3) is 0 Å². The maximum atomic E-state index is 12.3. The van der Waals surface area contributed by atoms with Crippen molar-refractivity contribution in [3.8, 4) is 11.5 Å². The number of piperidine rings is 1. The molecule has 0 saturated carbocycles. The Bertz CT molecular complexity index is 682. The molecule has 0 radical (unpaired) electrons. The number of ether oxygens (including phenoxy) is 2. The summed E-state index contributed by atoms with van der Waals surface area (Å²) in [6.45, 7) is 1.12. The topological polar surface area (TPSA) is 84.9 Å². The van der Waals surface area contributed by atoms with Gasteiger partial charge in [0.2, 0.25) is 15.9 Å². The molecule has 8 heteroatoms. The maximum absolute atomic E-state index is 12.3. The third-order valence-electron chi connectivity index (χ3n) is 4.23. The molecule has 1 aromatic rings. The van der Waals surface area contributed by atoms with E-state index in [1.54, 1.807) is 20.3 Å². The molecule has 1 fully saturated rings. The van der Waals surface area contributed by atoms with Crippen molar-refractivity contribution in [3.05, 3.63) is 23.8 Å². The van der Waals surface area contributed by atoms with Crippen molar-refractivity contribution in [2.45, 2.75) is 19.4 Å². The second-order valence-corrected chi connectivity index (χ2v) is 7.79. The molecule has 1 aliphatic heterocycles. The third-order valence-corrected chi connectivity index (χ3v) is 5.53. The number of nitrogens with one attached hydrogen (secondary N) is 1. The minimum atomic E-state index is -3.18. The van der Waals surface area contributed by atoms with E-state index in [2.05, 4.69) is 5.32 Å². The second-order valence-electron chi connectivity index (χ2n) is 5.81. The normalized spacial score (nSPS) is 16.6. The Morgan fingerprint density at radius 3 is 2.46 bits per heavy atom. The minimum absolute atomic E-state index is 0.0620. The number of rotatable bonds is 6. The maximum Gasteiger partial charge on any atom is 0.223 e. The molecule has 1 aliphatic rings. The van der Waals surface area contributed by atoms with Crippen LogP contribution in [0, 0.1) is 5.92 Å². The average Bonchev–Trinajstić information content (AvgIpc) is 2.58. The van der Waals surface area contributed by atoms with Crippen molar-refractivity contribution in [3.63, 3.8) is 0 Å². The van der Waals surface area contributed by atoms with Gasteiger partial charge in [-0.2, -0.15) is 0 Å². The molecule has 0 atom stereocenters. The first-order valence-corrected chi connectivity index (χ1v) is 9.64. The first-order valence-electron chi connectivity index (χ1n) is 7.79. The van der Waals surface area contributed by atoms with Gasteiger partial charge in [0.15, 0.2) is 11.5 Å². The molecule has 0 bridgehead atoms. The first kappa shape index (κ1) is 18.5. The summed E-state index contributed by atoms with van der Waals surface area (Å²) in [5.41, 5.74) is 0.832. The Labute approximate surface area is 143 Å². The van der Waals surface area contributed by atoms with Gasteiger partial charge in [-0.15, -0.1) is 0 Å². The second kappa shape index (κ2) is 7.85. The lowest BCUT2D eigenvalue weighted by Crippen LogP contribution is -2.42. The van der Waals surface area contributed by atoms with Crippen LogP contribution in [0.2, 0.25) is 0 Å². The molecule has 1 saturated heterocycles. The van der Waals surface area contributed by atoms with Crippen LogP contribution in [0.4, 0.5) is 0 Å². The van der Waals surface area contributed by atoms with Crippen molar-refractivity contribution in [2.24, 2.45) is 5.92 Å². The third kappa shape index (κ3) is 4.39. The Kier molecular flexibility index (Phi) is 6.06. The summed E-state index contributed by atoms with van der Waals surface area (Å²) in [5.74, 6) is 0.991. The standard InChI is InChI=1S/C16H24N2O5S/c1-22-14-6-4-5-13(15(14)23-2)11-17-16(19)12-7-9-18(10-8-12)24(3,20)21/h4-6,12H,7-11H2,1-3H3,(H,17,19). The van der Waals surface area contributed by atoms with E-state index in [9.17, 15) is 13.2 Å². The predicted molar refractivity (Wildman–Crippen MR) is 90.5 cm³/mol. The van der Waals surface area contributed by atoms with Crippen molar-refractivity contribution in [1.82, 2.24) is 9.62 Å². The minimum Gasteiger partial charge on any atom is -0.493 e. The van der Waals surface area contributed by atoms with Gasteiger partial charge in [0.05, 0.1) is 20.5 Å². The SMILES string of the molecule is COc1cccc(CNC(=O)C2CCN(S(C)(=O)=O)CC2)c1OC. The van der Waals surface area contributed by atoms with E-state index in [1.165, 1.54) is 10.6 Å². The largest absolute Gasteiger partial charge is 0.493 e. The Hall–Kier alpha value is -1.80. The fourth-order valence-corrected chi connectivity index (χ4v) is 3.74. The highest BCUT2D eigenvalue weighted by Crippen LogP contribution is 2.30. The molecular weight excluding hydrogens is 332 g/mol. The van der Waals surface area contributed by atoms with Crippen molar-refractivity contribution >= 4 is 15.9 Å². The van der Waals surface area contributed by atoms with E-state index in [-0.39, 0.29) is 11.8 Å². The van der Waals surface area contributed by atoms with Crippen LogP contribution in [0.1, 0.15) is 18.4 Å². The molecule has 0 spiro atoms. The molecule has 1 aromatic carbocycles. The zero-order valence-electron chi connectivity index (χ0n) is 14.2. The Morgan fingerprint density at radius 1 is 1.25 bits per heavy atom. The zero-order valence-corrected chi connectivity index (χ0v) is 15.1. The number of methoxy groups -OCH3 is 2. The Morgan fingerprint density at radius 2 is 1.92 bits per heavy atom. The lowest BCUT2D eigenvalue weighted by Gasteiger charge is -2.29. The first-order chi connectivity index (χ1) is 11.4. The number of sulfonamides is 1. The van der Waals surface area contributed by atoms with E-state index in [1.807, 2.05) is 12.1 Å². The van der Waals surface area contributed by atoms with Crippen molar-refractivity contribution < 1.29 is 22.7 Å². The molecule has 0 aliphatic carbocycles. The van der Waals surface area contributed by atoms with Gasteiger partial charge in [-0.3, -0.25) is 4.79 Å². The van der Waals surface area contributed by atoms with E-state index in [0.29, 0.717) is 44.0 Å². The van der Waals surface area contributed by atoms with Crippen LogP contribution in [0.3, 0.4) is 0 Å². The summed E-state index contributed by atoms with van der Waals surface area (Å²) < 4.78 is 35.0. The highest BCUT2D eigenvalue weighted by molar-refractivity contribution is 7.88. The smallest absolute Gasteiger partial charge is 0.223 e. The van der Waals surface area contributed by atoms with E-state index >= 15 is 0 Å². The van der Waals surface area contributed by atoms with Gasteiger partial charge >= 0.3 is 0 Å². The number of benzene rings is 1. The van der Waals surface area contributed by atoms with Gasteiger partial charge in [-0.25, -0.2) is 12.7 Å². The molecular formula is C16H24N2O5S. The monoisotopic (exact) mass is 356 g/mol. The molecule has 24 heavy (non-hydrogen) atoms. The van der Waals surface area contributed by atoms with Crippen LogP contribution in [0.15, 0.2) is 18.2 Å². The predicted octanol–water partition coefficient (Wildman–Crippen LogP) is 0.992. The molecule has 0 unspecified atom stereocenters. The van der Waals surface area contributed by atoms with Gasteiger partial charge in [-0.05, 0) is 18.9 Å². The van der Waals surface area contributed by atoms with E-state index in [4.69, 9.17) is 9.47 Å². The van der Waals surface area contributed by atoms with Crippen molar-refractivity contribution in [2.75, 3.05) is 33.6 Å². The van der Waals surface area contributed by atoms with Gasteiger partial charge in [0, 0.05) is 31.1 Å². The van der Waals surface area contributed by atoms with Gasteiger partial charge in [-0.1, -0.05) is 12.1 Å². The van der Waals surface area contributed by atoms with Crippen LogP contribution in [0.5, 0.6) is 11.5 Å². The fourth-order valence-electron chi connectivity index (χ4n) is 2.87. The molecule has 1 heterocycles. The summed E-state index contributed by atoms with van der Waals surface area (Å²) in [6.07, 6.45) is 2.27. The highest BCUT2D eigenvalue weighted by Gasteiger charge is 2.28. The molecule has 134 valence electrons. The molecule has 1 amide bonds. The lowest BCUT2D eigenvalue weighted by atomic mass is 9.97. The number of para-hydroxylation sites is 1. The summed E-state index contributed by atoms with van der Waals surface area (Å²) >= 11 is 0. The van der Waals surface area contributed by atoms with E-state index < -0.39 is 10.0 Å². The number of hydrogen-bond acceptors (Lipinski definition) is 5. The van der Waals surface area contributed by atoms with Crippen molar-refractivity contribution in [1.29, 1.82) is 0 Å². The quantitative estimate of drug-likeness (QED) is 0.822. The summed E-state index contributed by atoms with van der Waals surface area (Å²) in [6, 6.07) is 5.51. The molecule has 0 aromatic heterocycles. The number of carbonyl (C=O) groups is 1. The Balaban J connectivity index is 1.93. The number of nitrogens with zero attached hydrogens (tertiary/aromatic N) is 1. The average molecular weight is 356 g/mol. The number of amides is 1. The van der Waals surface area contributed by atoms with Gasteiger partial charge in [0.25, 0.3) is 0 Å². The van der Waals surface area contributed by atoms with Crippen LogP contribution in [-0.2, 0) is 21.4 Å². The van der Waals surface area contributed by atoms with Crippen LogP contribution >= 0.6 is 0 Å². The molecule has 7 nitrogen and oxygen atoms in total. The molecule has 1 N–H and O–H groups in total. The van der Waals surface area contributed by atoms with Gasteiger partial charge in [0.1, 0.15) is 0 Å². The van der Waals surface area contributed by atoms with Crippen LogP contribution in [-0.4, -0.2) is 52.2 Å². The zero-order chi connectivity index (χ0) is 17.7. The molecule has 2 rings (SSSR count). The van der Waals surface area contributed by atoms with E-state index in [0.717, 1.165) is 5.56 Å². The number of hydrogen-bond donors (Lipinski definition) is 1. The van der Waals surface area contributed by atoms with Crippen LogP contribution < -0.4 is 14.8 Å². The lowest BCUT2D eigenvalue weighted by molar-refractivity contribution is -0.126. The number of carbonyl (C=O) groups excluding carboxylic acids is 1. The summed E-state index contributed by atoms with van der Waals surface area (Å²) in [4.78, 5) is 12.3. The summed E-state index contributed by atoms with van der Waals surface area (Å²) in [5, 5.41) is 2.91. The summed E-state index contributed by atoms with van der Waals surface area (Å²) in [7, 11) is -0.0509. The van der Waals surface area contributed by atoms with Gasteiger partial charge < -0.3 is 14.8 Å². The highest BCUT2D eigenvalue weighted by atomic mass is 32.2. The fraction of sp³-hybridized carbons (Fsp3) is 0.562.